The zero-order valence-electron chi connectivity index (χ0n) is 56.9. The van der Waals surface area contributed by atoms with E-state index in [1.54, 1.807) is 0 Å². The van der Waals surface area contributed by atoms with E-state index in [4.69, 9.17) is 37.0 Å². The molecule has 0 fully saturated rings. The Morgan fingerprint density at radius 2 is 0.545 bits per heavy atom. The van der Waals surface area contributed by atoms with Gasteiger partial charge in [-0.2, -0.15) is 0 Å². The first-order chi connectivity index (χ1) is 42.6. The van der Waals surface area contributed by atoms with Crippen molar-refractivity contribution < 1.29 is 80.2 Å². The summed E-state index contributed by atoms with van der Waals surface area (Å²) in [5, 5.41) is 10.6. The normalized spacial score (nSPS) is 14.4. The predicted octanol–water partition coefficient (Wildman–Crippen LogP) is 19.7. The van der Waals surface area contributed by atoms with Gasteiger partial charge in [0, 0.05) is 25.7 Å². The molecular weight excluding hydrogens is 1160 g/mol. The first-order valence-corrected chi connectivity index (χ1v) is 39.2. The van der Waals surface area contributed by atoms with Crippen LogP contribution >= 0.6 is 15.6 Å². The van der Waals surface area contributed by atoms with Crippen LogP contribution in [0.4, 0.5) is 0 Å². The number of rotatable bonds is 69. The van der Waals surface area contributed by atoms with E-state index in [2.05, 4.69) is 34.6 Å². The summed E-state index contributed by atoms with van der Waals surface area (Å²) in [6.07, 6.45) is 48.8. The van der Waals surface area contributed by atoms with E-state index in [9.17, 15) is 43.2 Å². The third-order valence-electron chi connectivity index (χ3n) is 16.4. The fraction of sp³-hybridized carbons (Fsp3) is 0.942. The lowest BCUT2D eigenvalue weighted by Crippen LogP contribution is -2.30. The van der Waals surface area contributed by atoms with Gasteiger partial charge in [0.2, 0.25) is 0 Å². The number of phosphoric ester groups is 2. The van der Waals surface area contributed by atoms with Gasteiger partial charge >= 0.3 is 39.5 Å². The molecule has 0 saturated heterocycles. The Kier molecular flexibility index (Phi) is 61.1. The summed E-state index contributed by atoms with van der Waals surface area (Å²) in [4.78, 5) is 72.3. The van der Waals surface area contributed by atoms with E-state index in [0.717, 1.165) is 109 Å². The number of aliphatic hydroxyl groups excluding tert-OH is 1. The van der Waals surface area contributed by atoms with Crippen LogP contribution in [-0.2, 0) is 65.4 Å². The molecule has 3 unspecified atom stereocenters. The smallest absolute Gasteiger partial charge is 0.462 e. The SMILES string of the molecule is CCCCCCCCCCCCCCCCCCCCCCC(=O)O[C@H](COC(=O)CCCCCCCCC(C)CC)COP(=O)(O)OC[C@@H](O)COP(=O)(O)OC[C@@H](COC(=O)CCCCCCCCCC)OC(=O)CCCCCCCCCCCC. The van der Waals surface area contributed by atoms with Crippen molar-refractivity contribution in [3.05, 3.63) is 0 Å². The maximum Gasteiger partial charge on any atom is 0.472 e. The Bertz CT molecular complexity index is 1710. The van der Waals surface area contributed by atoms with Gasteiger partial charge in [-0.15, -0.1) is 0 Å². The van der Waals surface area contributed by atoms with Crippen LogP contribution in [-0.4, -0.2) is 96.7 Å². The molecule has 0 radical (unpaired) electrons. The van der Waals surface area contributed by atoms with Gasteiger partial charge in [-0.3, -0.25) is 37.3 Å². The second kappa shape index (κ2) is 62.5. The second-order valence-corrected chi connectivity index (χ2v) is 28.1. The van der Waals surface area contributed by atoms with Gasteiger partial charge in [0.05, 0.1) is 26.4 Å². The van der Waals surface area contributed by atoms with Crippen molar-refractivity contribution in [3.8, 4) is 0 Å². The van der Waals surface area contributed by atoms with Crippen LogP contribution in [0, 0.1) is 5.92 Å². The van der Waals surface area contributed by atoms with Crippen molar-refractivity contribution in [2.24, 2.45) is 5.92 Å². The van der Waals surface area contributed by atoms with Crippen LogP contribution < -0.4 is 0 Å². The van der Waals surface area contributed by atoms with Gasteiger partial charge in [-0.25, -0.2) is 9.13 Å². The fourth-order valence-electron chi connectivity index (χ4n) is 10.4. The highest BCUT2D eigenvalue weighted by Crippen LogP contribution is 2.45. The van der Waals surface area contributed by atoms with Crippen LogP contribution in [0.3, 0.4) is 0 Å². The molecule has 88 heavy (non-hydrogen) atoms. The van der Waals surface area contributed by atoms with Gasteiger partial charge in [0.25, 0.3) is 0 Å². The van der Waals surface area contributed by atoms with Crippen LogP contribution in [0.2, 0.25) is 0 Å². The molecule has 6 atom stereocenters. The lowest BCUT2D eigenvalue weighted by Gasteiger charge is -2.21. The zero-order chi connectivity index (χ0) is 64.9. The molecule has 0 spiro atoms. The standard InChI is InChI=1S/C69H134O17P2/c1-6-10-13-16-19-22-24-25-26-27-28-29-30-31-32-33-35-38-45-50-55-69(74)86-65(59-80-67(72)53-48-43-40-39-41-46-51-62(5)9-4)61-84-88(77,78)82-57-63(70)56-81-87(75,76)83-60-64(58-79-66(71)52-47-42-36-21-18-15-12-8-3)85-68(73)54-49-44-37-34-23-20-17-14-11-7-2/h62-65,70H,6-61H2,1-5H3,(H,75,76)(H,77,78)/t62?,63-,64+,65+/m0/s1. The van der Waals surface area contributed by atoms with E-state index in [0.29, 0.717) is 25.7 Å². The molecule has 19 heteroatoms. The number of carbonyl (C=O) groups is 4. The maximum atomic E-state index is 13.0. The monoisotopic (exact) mass is 1300 g/mol. The summed E-state index contributed by atoms with van der Waals surface area (Å²) in [5.74, 6) is -1.40. The Balaban J connectivity index is 5.15. The van der Waals surface area contributed by atoms with E-state index >= 15 is 0 Å². The molecule has 0 aromatic heterocycles. The number of aliphatic hydroxyl groups is 1. The van der Waals surface area contributed by atoms with Gasteiger partial charge in [-0.05, 0) is 31.6 Å². The van der Waals surface area contributed by atoms with Crippen molar-refractivity contribution in [3.63, 3.8) is 0 Å². The quantitative estimate of drug-likeness (QED) is 0.0222. The Morgan fingerprint density at radius 1 is 0.318 bits per heavy atom. The number of phosphoric acid groups is 2. The minimum Gasteiger partial charge on any atom is -0.462 e. The number of hydrogen-bond donors (Lipinski definition) is 3. The maximum absolute atomic E-state index is 13.0. The fourth-order valence-corrected chi connectivity index (χ4v) is 12.0. The molecule has 0 aromatic rings. The van der Waals surface area contributed by atoms with Crippen molar-refractivity contribution in [1.82, 2.24) is 0 Å². The number of hydrogen-bond acceptors (Lipinski definition) is 15. The number of esters is 4. The van der Waals surface area contributed by atoms with Crippen molar-refractivity contribution in [1.29, 1.82) is 0 Å². The van der Waals surface area contributed by atoms with E-state index in [1.807, 2.05) is 0 Å². The summed E-state index contributed by atoms with van der Waals surface area (Å²) < 4.78 is 68.1. The molecule has 0 amide bonds. The molecule has 0 aliphatic carbocycles. The molecular formula is C69H134O17P2. The average Bonchev–Trinajstić information content (AvgIpc) is 3.70. The first kappa shape index (κ1) is 86.1. The summed E-state index contributed by atoms with van der Waals surface area (Å²) in [6, 6.07) is 0. The lowest BCUT2D eigenvalue weighted by atomic mass is 10.00. The molecule has 0 bridgehead atoms. The van der Waals surface area contributed by atoms with Crippen molar-refractivity contribution in [2.75, 3.05) is 39.6 Å². The zero-order valence-corrected chi connectivity index (χ0v) is 58.6. The van der Waals surface area contributed by atoms with E-state index in [1.165, 1.54) is 167 Å². The largest absolute Gasteiger partial charge is 0.472 e. The van der Waals surface area contributed by atoms with Crippen LogP contribution in [0.25, 0.3) is 0 Å². The molecule has 0 saturated carbocycles. The minimum atomic E-state index is -4.95. The third-order valence-corrected chi connectivity index (χ3v) is 18.3. The van der Waals surface area contributed by atoms with Crippen LogP contribution in [0.15, 0.2) is 0 Å². The van der Waals surface area contributed by atoms with Gasteiger partial charge in [0.15, 0.2) is 12.2 Å². The van der Waals surface area contributed by atoms with E-state index in [-0.39, 0.29) is 25.7 Å². The molecule has 0 aliphatic rings. The molecule has 522 valence electrons. The summed E-state index contributed by atoms with van der Waals surface area (Å²) >= 11 is 0. The summed E-state index contributed by atoms with van der Waals surface area (Å²) in [7, 11) is -9.89. The lowest BCUT2D eigenvalue weighted by molar-refractivity contribution is -0.161. The average molecular weight is 1300 g/mol. The molecule has 0 heterocycles. The molecule has 0 aromatic carbocycles. The Hall–Kier alpha value is -1.94. The van der Waals surface area contributed by atoms with Crippen molar-refractivity contribution >= 4 is 39.5 Å². The second-order valence-electron chi connectivity index (χ2n) is 25.2. The Morgan fingerprint density at radius 3 is 0.807 bits per heavy atom. The van der Waals surface area contributed by atoms with Crippen LogP contribution in [0.5, 0.6) is 0 Å². The van der Waals surface area contributed by atoms with Gasteiger partial charge in [0.1, 0.15) is 19.3 Å². The highest BCUT2D eigenvalue weighted by Gasteiger charge is 2.30. The molecule has 0 aliphatic heterocycles. The highest BCUT2D eigenvalue weighted by molar-refractivity contribution is 7.47. The van der Waals surface area contributed by atoms with E-state index < -0.39 is 97.5 Å². The summed E-state index contributed by atoms with van der Waals surface area (Å²) in [5.41, 5.74) is 0. The molecule has 17 nitrogen and oxygen atoms in total. The number of ether oxygens (including phenoxy) is 4. The number of unbranched alkanes of at least 4 members (excludes halogenated alkanes) is 40. The predicted molar refractivity (Wildman–Crippen MR) is 354 cm³/mol. The Labute approximate surface area is 537 Å². The van der Waals surface area contributed by atoms with Gasteiger partial charge < -0.3 is 33.8 Å². The third kappa shape index (κ3) is 61.6. The summed E-state index contributed by atoms with van der Waals surface area (Å²) in [6.45, 7) is 7.16. The first-order valence-electron chi connectivity index (χ1n) is 36.2. The minimum absolute atomic E-state index is 0.106. The number of carbonyl (C=O) groups excluding carboxylic acids is 4. The molecule has 0 rings (SSSR count). The van der Waals surface area contributed by atoms with Gasteiger partial charge in [-0.1, -0.05) is 304 Å². The topological polar surface area (TPSA) is 237 Å². The highest BCUT2D eigenvalue weighted by atomic mass is 31.2. The molecule has 3 N–H and O–H groups in total. The van der Waals surface area contributed by atoms with Crippen LogP contribution in [0.1, 0.15) is 356 Å². The van der Waals surface area contributed by atoms with Crippen molar-refractivity contribution in [2.45, 2.75) is 374 Å².